The topological polar surface area (TPSA) is 114 Å². The van der Waals surface area contributed by atoms with Crippen molar-refractivity contribution in [1.82, 2.24) is 19.9 Å². The zero-order valence-corrected chi connectivity index (χ0v) is 20.3. The number of methoxy groups -OCH3 is 1. The molecule has 0 atom stereocenters. The van der Waals surface area contributed by atoms with Gasteiger partial charge in [0, 0.05) is 43.7 Å². The third-order valence-electron chi connectivity index (χ3n) is 5.15. The Morgan fingerprint density at radius 1 is 1.08 bits per heavy atom. The van der Waals surface area contributed by atoms with Crippen molar-refractivity contribution in [2.75, 3.05) is 31.0 Å². The van der Waals surface area contributed by atoms with Crippen molar-refractivity contribution in [3.8, 4) is 5.75 Å². The van der Waals surface area contributed by atoms with E-state index in [2.05, 4.69) is 30.6 Å². The van der Waals surface area contributed by atoms with Crippen LogP contribution in [0.1, 0.15) is 11.4 Å². The molecule has 190 valence electrons. The van der Waals surface area contributed by atoms with E-state index in [-0.39, 0.29) is 24.0 Å². The number of aromatic amines is 1. The molecule has 0 saturated carbocycles. The Kier molecular flexibility index (Phi) is 8.92. The SMILES string of the molecule is COCCOc1ccc(Nc2ncc(F)c(Nc3cccc(CC(=O)C=CCc4ncc[nH]4)c3)n2)cc1. The molecule has 4 rings (SSSR count). The molecule has 37 heavy (non-hydrogen) atoms. The molecule has 9 nitrogen and oxygen atoms in total. The lowest BCUT2D eigenvalue weighted by Crippen LogP contribution is -2.05. The lowest BCUT2D eigenvalue weighted by atomic mass is 10.1. The number of H-pyrrole nitrogens is 1. The molecule has 0 aliphatic rings. The number of hydrogen-bond donors (Lipinski definition) is 3. The van der Waals surface area contributed by atoms with Gasteiger partial charge in [-0.1, -0.05) is 18.2 Å². The second-order valence-electron chi connectivity index (χ2n) is 7.99. The number of hydrogen-bond acceptors (Lipinski definition) is 8. The summed E-state index contributed by atoms with van der Waals surface area (Å²) in [6.07, 6.45) is 8.59. The van der Waals surface area contributed by atoms with E-state index in [4.69, 9.17) is 9.47 Å². The molecule has 2 aromatic heterocycles. The van der Waals surface area contributed by atoms with Gasteiger partial charge in [-0.25, -0.2) is 14.4 Å². The summed E-state index contributed by atoms with van der Waals surface area (Å²) in [6.45, 7) is 0.958. The average molecular weight is 503 g/mol. The lowest BCUT2D eigenvalue weighted by Gasteiger charge is -2.11. The standard InChI is InChI=1S/C27H27FN6O3/c1-36-14-15-37-23-10-8-20(9-11-23)33-27-31-18-24(28)26(34-27)32-21-5-2-4-19(16-21)17-22(35)6-3-7-25-29-12-13-30-25/h2-6,8-13,16,18H,7,14-15,17H2,1H3,(H,29,30)(H2,31,32,33,34). The van der Waals surface area contributed by atoms with Crippen LogP contribution in [0.3, 0.4) is 0 Å². The quantitative estimate of drug-likeness (QED) is 0.177. The number of rotatable bonds is 13. The first-order valence-electron chi connectivity index (χ1n) is 11.6. The molecule has 10 heteroatoms. The Hall–Kier alpha value is -4.57. The van der Waals surface area contributed by atoms with Gasteiger partial charge < -0.3 is 25.1 Å². The van der Waals surface area contributed by atoms with Gasteiger partial charge in [0.15, 0.2) is 17.4 Å². The number of ketones is 1. The summed E-state index contributed by atoms with van der Waals surface area (Å²) in [5.74, 6) is 1.09. The van der Waals surface area contributed by atoms with E-state index in [1.165, 1.54) is 0 Å². The zero-order chi connectivity index (χ0) is 25.9. The van der Waals surface area contributed by atoms with E-state index < -0.39 is 5.82 Å². The normalized spacial score (nSPS) is 11.0. The molecule has 0 bridgehead atoms. The van der Waals surface area contributed by atoms with Crippen LogP contribution < -0.4 is 15.4 Å². The number of ether oxygens (including phenoxy) is 2. The molecular weight excluding hydrogens is 475 g/mol. The maximum Gasteiger partial charge on any atom is 0.229 e. The van der Waals surface area contributed by atoms with Gasteiger partial charge >= 0.3 is 0 Å². The number of carbonyl (C=O) groups excluding carboxylic acids is 1. The van der Waals surface area contributed by atoms with Crippen LogP contribution in [0.4, 0.5) is 27.5 Å². The third kappa shape index (κ3) is 7.97. The number of imidazole rings is 1. The van der Waals surface area contributed by atoms with Crippen molar-refractivity contribution in [3.05, 3.63) is 96.5 Å². The van der Waals surface area contributed by atoms with E-state index >= 15 is 0 Å². The van der Waals surface area contributed by atoms with Gasteiger partial charge in [-0.05, 0) is 48.0 Å². The number of nitrogens with zero attached hydrogens (tertiary/aromatic N) is 3. The molecule has 2 heterocycles. The van der Waals surface area contributed by atoms with Gasteiger partial charge in [0.2, 0.25) is 5.95 Å². The van der Waals surface area contributed by atoms with Crippen LogP contribution in [0.15, 0.2) is 79.3 Å². The predicted octanol–water partition coefficient (Wildman–Crippen LogP) is 4.76. The minimum Gasteiger partial charge on any atom is -0.491 e. The molecule has 0 amide bonds. The highest BCUT2D eigenvalue weighted by atomic mass is 19.1. The van der Waals surface area contributed by atoms with Crippen LogP contribution in [-0.4, -0.2) is 46.0 Å². The van der Waals surface area contributed by atoms with Crippen molar-refractivity contribution < 1.29 is 18.7 Å². The lowest BCUT2D eigenvalue weighted by molar-refractivity contribution is -0.114. The molecule has 0 aliphatic carbocycles. The summed E-state index contributed by atoms with van der Waals surface area (Å²) in [5.41, 5.74) is 2.11. The first-order valence-corrected chi connectivity index (χ1v) is 11.6. The van der Waals surface area contributed by atoms with Crippen LogP contribution >= 0.6 is 0 Å². The monoisotopic (exact) mass is 502 g/mol. The molecule has 0 unspecified atom stereocenters. The number of allylic oxidation sites excluding steroid dienone is 2. The fraction of sp³-hybridized carbons (Fsp3) is 0.185. The molecular formula is C27H27FN6O3. The minimum atomic E-state index is -0.602. The van der Waals surface area contributed by atoms with E-state index in [1.807, 2.05) is 18.2 Å². The number of nitrogens with one attached hydrogen (secondary N) is 3. The molecule has 4 aromatic rings. The summed E-state index contributed by atoms with van der Waals surface area (Å²) in [5, 5.41) is 6.02. The Morgan fingerprint density at radius 2 is 1.95 bits per heavy atom. The van der Waals surface area contributed by atoms with Gasteiger partial charge in [-0.15, -0.1) is 0 Å². The predicted molar refractivity (Wildman–Crippen MR) is 139 cm³/mol. The zero-order valence-electron chi connectivity index (χ0n) is 20.3. The summed E-state index contributed by atoms with van der Waals surface area (Å²) in [4.78, 5) is 27.7. The molecule has 2 aromatic carbocycles. The Bertz CT molecular complexity index is 1330. The highest BCUT2D eigenvalue weighted by Crippen LogP contribution is 2.22. The van der Waals surface area contributed by atoms with Crippen molar-refractivity contribution in [2.45, 2.75) is 12.8 Å². The maximum absolute atomic E-state index is 14.4. The summed E-state index contributed by atoms with van der Waals surface area (Å²) in [6, 6.07) is 14.4. The Labute approximate surface area is 213 Å². The van der Waals surface area contributed by atoms with Crippen molar-refractivity contribution in [1.29, 1.82) is 0 Å². The fourth-order valence-corrected chi connectivity index (χ4v) is 3.39. The van der Waals surface area contributed by atoms with Crippen LogP contribution in [0.25, 0.3) is 0 Å². The van der Waals surface area contributed by atoms with Crippen LogP contribution in [0.5, 0.6) is 5.75 Å². The number of anilines is 4. The molecule has 0 fully saturated rings. The number of aromatic nitrogens is 4. The van der Waals surface area contributed by atoms with E-state index in [1.54, 1.807) is 62.0 Å². The molecule has 0 aliphatic heterocycles. The van der Waals surface area contributed by atoms with Gasteiger partial charge in [-0.3, -0.25) is 4.79 Å². The van der Waals surface area contributed by atoms with Gasteiger partial charge in [0.05, 0.1) is 12.8 Å². The third-order valence-corrected chi connectivity index (χ3v) is 5.15. The smallest absolute Gasteiger partial charge is 0.229 e. The Balaban J connectivity index is 1.36. The summed E-state index contributed by atoms with van der Waals surface area (Å²) in [7, 11) is 1.62. The van der Waals surface area contributed by atoms with Crippen LogP contribution in [-0.2, 0) is 22.4 Å². The first-order chi connectivity index (χ1) is 18.1. The van der Waals surface area contributed by atoms with Gasteiger partial charge in [0.25, 0.3) is 0 Å². The fourth-order valence-electron chi connectivity index (χ4n) is 3.39. The molecule has 0 spiro atoms. The second-order valence-corrected chi connectivity index (χ2v) is 7.99. The highest BCUT2D eigenvalue weighted by molar-refractivity contribution is 5.91. The van der Waals surface area contributed by atoms with E-state index in [9.17, 15) is 9.18 Å². The van der Waals surface area contributed by atoms with E-state index in [0.29, 0.717) is 31.1 Å². The van der Waals surface area contributed by atoms with Gasteiger partial charge in [-0.2, -0.15) is 4.98 Å². The molecule has 3 N–H and O–H groups in total. The number of halogens is 1. The summed E-state index contributed by atoms with van der Waals surface area (Å²) >= 11 is 0. The van der Waals surface area contributed by atoms with Crippen molar-refractivity contribution in [2.24, 2.45) is 0 Å². The molecule has 0 saturated heterocycles. The molecule has 0 radical (unpaired) electrons. The summed E-state index contributed by atoms with van der Waals surface area (Å²) < 4.78 is 25.0. The Morgan fingerprint density at radius 3 is 2.73 bits per heavy atom. The number of benzene rings is 2. The average Bonchev–Trinajstić information content (AvgIpc) is 3.41. The first kappa shape index (κ1) is 25.5. The largest absolute Gasteiger partial charge is 0.491 e. The van der Waals surface area contributed by atoms with Crippen LogP contribution in [0.2, 0.25) is 0 Å². The maximum atomic E-state index is 14.4. The van der Waals surface area contributed by atoms with Crippen molar-refractivity contribution >= 4 is 28.9 Å². The van der Waals surface area contributed by atoms with E-state index in [0.717, 1.165) is 23.3 Å². The van der Waals surface area contributed by atoms with Crippen molar-refractivity contribution in [3.63, 3.8) is 0 Å². The number of carbonyl (C=O) groups is 1. The second kappa shape index (κ2) is 12.9. The van der Waals surface area contributed by atoms with Gasteiger partial charge in [0.1, 0.15) is 18.2 Å². The van der Waals surface area contributed by atoms with Crippen LogP contribution in [0, 0.1) is 5.82 Å². The minimum absolute atomic E-state index is 0.0128. The highest BCUT2D eigenvalue weighted by Gasteiger charge is 2.09.